The number of carbonyl (C=O) groups excluding carboxylic acids is 1. The Bertz CT molecular complexity index is 1050. The summed E-state index contributed by atoms with van der Waals surface area (Å²) < 4.78 is 47.0. The summed E-state index contributed by atoms with van der Waals surface area (Å²) in [5.74, 6) is 0.0775. The van der Waals surface area contributed by atoms with Gasteiger partial charge in [0.15, 0.2) is 29.1 Å². The number of para-hydroxylation sites is 4. The van der Waals surface area contributed by atoms with Crippen LogP contribution in [0.4, 0.5) is 0 Å². The van der Waals surface area contributed by atoms with Crippen LogP contribution in [0.2, 0.25) is 0 Å². The molecule has 0 amide bonds. The van der Waals surface area contributed by atoms with Crippen LogP contribution >= 0.6 is 7.82 Å². The van der Waals surface area contributed by atoms with Crippen molar-refractivity contribution >= 4 is 13.8 Å². The fourth-order valence-electron chi connectivity index (χ4n) is 2.91. The van der Waals surface area contributed by atoms with Gasteiger partial charge in [0.05, 0.1) is 20.8 Å². The quantitative estimate of drug-likeness (QED) is 0.264. The lowest BCUT2D eigenvalue weighted by molar-refractivity contribution is -0.152. The van der Waals surface area contributed by atoms with Crippen LogP contribution in [0.5, 0.6) is 23.0 Å². The van der Waals surface area contributed by atoms with Crippen molar-refractivity contribution in [1.29, 1.82) is 0 Å². The Morgan fingerprint density at radius 1 is 0.758 bits per heavy atom. The van der Waals surface area contributed by atoms with Gasteiger partial charge < -0.3 is 23.3 Å². The number of rotatable bonds is 11. The van der Waals surface area contributed by atoms with Gasteiger partial charge in [-0.1, -0.05) is 54.6 Å². The minimum absolute atomic E-state index is 0.105. The van der Waals surface area contributed by atoms with Gasteiger partial charge in [-0.2, -0.15) is 0 Å². The first-order valence-electron chi connectivity index (χ1n) is 10.1. The molecular weight excluding hydrogens is 447 g/mol. The van der Waals surface area contributed by atoms with Gasteiger partial charge in [-0.15, -0.1) is 0 Å². The summed E-state index contributed by atoms with van der Waals surface area (Å²) in [6.07, 6.45) is -1.37. The molecule has 0 saturated heterocycles. The fourth-order valence-corrected chi connectivity index (χ4v) is 4.28. The number of phosphoric ester groups is 1. The zero-order valence-electron chi connectivity index (χ0n) is 18.5. The molecule has 3 aromatic carbocycles. The molecule has 3 rings (SSSR count). The van der Waals surface area contributed by atoms with E-state index in [1.165, 1.54) is 14.2 Å². The summed E-state index contributed by atoms with van der Waals surface area (Å²) in [5.41, 5.74) is 0.420. The molecule has 3 aromatic rings. The molecule has 0 aliphatic heterocycles. The van der Waals surface area contributed by atoms with E-state index in [0.717, 1.165) is 0 Å². The maximum Gasteiger partial charge on any atom is 0.589 e. The van der Waals surface area contributed by atoms with E-state index in [9.17, 15) is 9.36 Å². The summed E-state index contributed by atoms with van der Waals surface area (Å²) in [4.78, 5) is 12.7. The fraction of sp³-hybridized carbons (Fsp3) is 0.208. The van der Waals surface area contributed by atoms with E-state index in [0.29, 0.717) is 17.1 Å². The monoisotopic (exact) mass is 472 g/mol. The highest BCUT2D eigenvalue weighted by Crippen LogP contribution is 2.55. The van der Waals surface area contributed by atoms with Gasteiger partial charge in [-0.25, -0.2) is 13.9 Å². The first-order chi connectivity index (χ1) is 16.0. The van der Waals surface area contributed by atoms with Crippen LogP contribution in [-0.4, -0.2) is 26.8 Å². The van der Waals surface area contributed by atoms with Crippen LogP contribution in [0.15, 0.2) is 78.9 Å². The van der Waals surface area contributed by atoms with E-state index in [1.807, 2.05) is 0 Å². The summed E-state index contributed by atoms with van der Waals surface area (Å²) in [5, 5.41) is 0. The number of hydrogen-bond donors (Lipinski definition) is 0. The summed E-state index contributed by atoms with van der Waals surface area (Å²) in [6, 6.07) is 21.7. The van der Waals surface area contributed by atoms with Crippen LogP contribution in [-0.2, 0) is 18.6 Å². The maximum atomic E-state index is 14.0. The van der Waals surface area contributed by atoms with Crippen LogP contribution in [0.1, 0.15) is 18.6 Å². The van der Waals surface area contributed by atoms with Gasteiger partial charge in [0.25, 0.3) is 0 Å². The predicted octanol–water partition coefficient (Wildman–Crippen LogP) is 5.59. The van der Waals surface area contributed by atoms with E-state index in [2.05, 4.69) is 0 Å². The molecule has 1 unspecified atom stereocenters. The average molecular weight is 472 g/mol. The lowest BCUT2D eigenvalue weighted by atomic mass is 10.1. The lowest BCUT2D eigenvalue weighted by Crippen LogP contribution is -2.20. The normalized spacial score (nSPS) is 11.8. The van der Waals surface area contributed by atoms with Crippen molar-refractivity contribution in [1.82, 2.24) is 0 Å². The van der Waals surface area contributed by atoms with E-state index in [4.69, 9.17) is 27.8 Å². The zero-order valence-corrected chi connectivity index (χ0v) is 19.4. The number of phosphoric acid groups is 1. The SMILES string of the molecule is CCOC(=O)C(OP(=O)(Oc1ccccc1OC)Oc1ccccc1OC)c1ccccc1. The third-order valence-electron chi connectivity index (χ3n) is 4.40. The summed E-state index contributed by atoms with van der Waals surface area (Å²) >= 11 is 0. The van der Waals surface area contributed by atoms with E-state index < -0.39 is 19.9 Å². The van der Waals surface area contributed by atoms with Gasteiger partial charge in [-0.3, -0.25) is 0 Å². The molecule has 8 nitrogen and oxygen atoms in total. The third-order valence-corrected chi connectivity index (χ3v) is 5.71. The minimum Gasteiger partial charge on any atom is -0.493 e. The molecule has 0 aliphatic carbocycles. The number of carbonyl (C=O) groups is 1. The van der Waals surface area contributed by atoms with Crippen molar-refractivity contribution in [2.24, 2.45) is 0 Å². The van der Waals surface area contributed by atoms with Crippen molar-refractivity contribution in [2.45, 2.75) is 13.0 Å². The number of benzene rings is 3. The lowest BCUT2D eigenvalue weighted by Gasteiger charge is -2.24. The number of hydrogen-bond acceptors (Lipinski definition) is 8. The summed E-state index contributed by atoms with van der Waals surface area (Å²) in [7, 11) is -1.61. The number of esters is 1. The van der Waals surface area contributed by atoms with Crippen molar-refractivity contribution in [3.05, 3.63) is 84.4 Å². The van der Waals surface area contributed by atoms with E-state index in [1.54, 1.807) is 85.8 Å². The van der Waals surface area contributed by atoms with E-state index in [-0.39, 0.29) is 18.1 Å². The molecule has 0 bridgehead atoms. The Morgan fingerprint density at radius 3 is 1.67 bits per heavy atom. The smallest absolute Gasteiger partial charge is 0.493 e. The average Bonchev–Trinajstić information content (AvgIpc) is 2.84. The highest BCUT2D eigenvalue weighted by molar-refractivity contribution is 7.49. The molecule has 0 fully saturated rings. The topological polar surface area (TPSA) is 89.5 Å². The largest absolute Gasteiger partial charge is 0.589 e. The van der Waals surface area contributed by atoms with Crippen molar-refractivity contribution in [3.8, 4) is 23.0 Å². The van der Waals surface area contributed by atoms with Gasteiger partial charge >= 0.3 is 13.8 Å². The molecule has 0 aliphatic rings. The van der Waals surface area contributed by atoms with Crippen LogP contribution in [0.3, 0.4) is 0 Å². The number of methoxy groups -OCH3 is 2. The number of ether oxygens (including phenoxy) is 3. The molecule has 174 valence electrons. The maximum absolute atomic E-state index is 14.0. The Labute approximate surface area is 192 Å². The predicted molar refractivity (Wildman–Crippen MR) is 122 cm³/mol. The van der Waals surface area contributed by atoms with Gasteiger partial charge in [0, 0.05) is 0 Å². The van der Waals surface area contributed by atoms with Gasteiger partial charge in [0.1, 0.15) is 0 Å². The van der Waals surface area contributed by atoms with Gasteiger partial charge in [-0.05, 0) is 36.8 Å². The molecular formula is C24H25O8P. The Balaban J connectivity index is 2.04. The molecule has 0 N–H and O–H groups in total. The molecule has 1 atom stereocenters. The molecule has 33 heavy (non-hydrogen) atoms. The zero-order chi connectivity index (χ0) is 23.7. The standard InChI is InChI=1S/C24H25O8P/c1-4-29-24(25)23(18-12-6-5-7-13-18)32-33(26,30-21-16-10-8-14-19(21)27-2)31-22-17-11-9-15-20(22)28-3/h5-17,23H,4H2,1-3H3. The second-order valence-corrected chi connectivity index (χ2v) is 8.05. The molecule has 0 saturated carbocycles. The molecule has 0 heterocycles. The first kappa shape index (κ1) is 24.2. The van der Waals surface area contributed by atoms with Crippen LogP contribution in [0.25, 0.3) is 0 Å². The van der Waals surface area contributed by atoms with Crippen molar-refractivity contribution in [3.63, 3.8) is 0 Å². The van der Waals surface area contributed by atoms with Crippen molar-refractivity contribution in [2.75, 3.05) is 20.8 Å². The third kappa shape index (κ3) is 6.28. The minimum atomic E-state index is -4.50. The first-order valence-corrected chi connectivity index (χ1v) is 11.6. The summed E-state index contributed by atoms with van der Waals surface area (Å²) in [6.45, 7) is 1.77. The Hall–Kier alpha value is -3.48. The Morgan fingerprint density at radius 2 is 1.21 bits per heavy atom. The molecule has 9 heteroatoms. The highest BCUT2D eigenvalue weighted by atomic mass is 31.2. The second kappa shape index (κ2) is 11.4. The van der Waals surface area contributed by atoms with Crippen LogP contribution < -0.4 is 18.5 Å². The van der Waals surface area contributed by atoms with E-state index >= 15 is 0 Å². The Kier molecular flexibility index (Phi) is 8.35. The second-order valence-electron chi connectivity index (χ2n) is 6.58. The molecule has 0 radical (unpaired) electrons. The van der Waals surface area contributed by atoms with Crippen molar-refractivity contribution < 1.29 is 37.1 Å². The van der Waals surface area contributed by atoms with Gasteiger partial charge in [0.2, 0.25) is 0 Å². The van der Waals surface area contributed by atoms with Crippen LogP contribution in [0, 0.1) is 0 Å². The molecule has 0 spiro atoms. The highest BCUT2D eigenvalue weighted by Gasteiger charge is 2.40. The molecule has 0 aromatic heterocycles.